The van der Waals surface area contributed by atoms with Crippen molar-refractivity contribution in [1.29, 1.82) is 0 Å². The number of hydrogen-bond acceptors (Lipinski definition) is 4. The van der Waals surface area contributed by atoms with Gasteiger partial charge in [-0.15, -0.1) is 0 Å². The smallest absolute Gasteiger partial charge is 0.216 e. The number of methoxy groups -OCH3 is 1. The van der Waals surface area contributed by atoms with Crippen molar-refractivity contribution < 1.29 is 13.2 Å². The molecule has 3 N–H and O–H groups in total. The minimum atomic E-state index is -3.30. The number of ether oxygens (including phenoxy) is 1. The molecule has 6 heteroatoms. The van der Waals surface area contributed by atoms with Crippen molar-refractivity contribution in [3.8, 4) is 0 Å². The number of rotatable bonds is 6. The second-order valence-electron chi connectivity index (χ2n) is 4.93. The van der Waals surface area contributed by atoms with Gasteiger partial charge in [0.15, 0.2) is 0 Å². The largest absolute Gasteiger partial charge is 0.381 e. The lowest BCUT2D eigenvalue weighted by atomic mass is 9.90. The van der Waals surface area contributed by atoms with Gasteiger partial charge in [0.1, 0.15) is 0 Å². The summed E-state index contributed by atoms with van der Waals surface area (Å²) in [5.74, 6) is -0.00497. The number of sulfonamides is 1. The molecule has 1 fully saturated rings. The van der Waals surface area contributed by atoms with E-state index < -0.39 is 10.0 Å². The van der Waals surface area contributed by atoms with Gasteiger partial charge in [-0.25, -0.2) is 13.1 Å². The van der Waals surface area contributed by atoms with Crippen LogP contribution in [0.2, 0.25) is 0 Å². The summed E-state index contributed by atoms with van der Waals surface area (Å²) in [6, 6.07) is 7.36. The van der Waals surface area contributed by atoms with Gasteiger partial charge in [0.05, 0.1) is 11.9 Å². The lowest BCUT2D eigenvalue weighted by Gasteiger charge is -2.34. The maximum absolute atomic E-state index is 12.0. The molecule has 19 heavy (non-hydrogen) atoms. The van der Waals surface area contributed by atoms with Crippen molar-refractivity contribution in [1.82, 2.24) is 4.72 Å². The molecular weight excluding hydrogens is 264 g/mol. The zero-order valence-electron chi connectivity index (χ0n) is 11.0. The van der Waals surface area contributed by atoms with Gasteiger partial charge in [0, 0.05) is 19.7 Å². The molecule has 0 spiro atoms. The molecule has 1 aromatic carbocycles. The first-order valence-corrected chi connectivity index (χ1v) is 7.98. The van der Waals surface area contributed by atoms with Gasteiger partial charge in [0.2, 0.25) is 10.0 Å². The minimum absolute atomic E-state index is 0.00497. The third-order valence-corrected chi connectivity index (χ3v) is 4.76. The van der Waals surface area contributed by atoms with Crippen LogP contribution in [0.15, 0.2) is 24.3 Å². The fourth-order valence-electron chi connectivity index (χ4n) is 2.22. The molecule has 5 nitrogen and oxygen atoms in total. The molecule has 0 unspecified atom stereocenters. The summed E-state index contributed by atoms with van der Waals surface area (Å²) >= 11 is 0. The second kappa shape index (κ2) is 6.00. The van der Waals surface area contributed by atoms with Crippen LogP contribution in [0.5, 0.6) is 0 Å². The highest BCUT2D eigenvalue weighted by molar-refractivity contribution is 7.88. The Hall–Kier alpha value is -0.950. The lowest BCUT2D eigenvalue weighted by molar-refractivity contribution is 0.0236. The maximum atomic E-state index is 12.0. The van der Waals surface area contributed by atoms with Crippen molar-refractivity contribution >= 4 is 10.0 Å². The average Bonchev–Trinajstić information content (AvgIpc) is 2.33. The van der Waals surface area contributed by atoms with Crippen LogP contribution in [0.4, 0.5) is 0 Å². The van der Waals surface area contributed by atoms with Crippen molar-refractivity contribution in [2.24, 2.45) is 5.73 Å². The van der Waals surface area contributed by atoms with Crippen LogP contribution in [-0.4, -0.2) is 27.7 Å². The Kier molecular flexibility index (Phi) is 4.57. The lowest BCUT2D eigenvalue weighted by Crippen LogP contribution is -2.47. The zero-order chi connectivity index (χ0) is 13.9. The summed E-state index contributed by atoms with van der Waals surface area (Å²) in [6.07, 6.45) is 1.69. The van der Waals surface area contributed by atoms with Crippen LogP contribution in [0.25, 0.3) is 0 Å². The summed E-state index contributed by atoms with van der Waals surface area (Å²) in [5, 5.41) is 0. The summed E-state index contributed by atoms with van der Waals surface area (Å²) in [5.41, 5.74) is 7.25. The second-order valence-corrected chi connectivity index (χ2v) is 6.68. The maximum Gasteiger partial charge on any atom is 0.216 e. The molecule has 0 amide bonds. The van der Waals surface area contributed by atoms with Crippen LogP contribution in [0, 0.1) is 0 Å². The van der Waals surface area contributed by atoms with Gasteiger partial charge in [-0.05, 0) is 24.0 Å². The van der Waals surface area contributed by atoms with Crippen LogP contribution < -0.4 is 10.5 Å². The van der Waals surface area contributed by atoms with Crippen molar-refractivity contribution in [2.45, 2.75) is 37.3 Å². The standard InChI is InChI=1S/C13H20N2O3S/c1-18-13-6-12(7-13)15-19(16,17)9-11-4-2-3-10(5-11)8-14/h2-5,12-13,15H,6-9,14H2,1H3. The first kappa shape index (κ1) is 14.5. The van der Waals surface area contributed by atoms with E-state index >= 15 is 0 Å². The zero-order valence-corrected chi connectivity index (χ0v) is 11.8. The minimum Gasteiger partial charge on any atom is -0.381 e. The van der Waals surface area contributed by atoms with E-state index in [1.165, 1.54) is 0 Å². The van der Waals surface area contributed by atoms with Crippen LogP contribution in [-0.2, 0) is 27.1 Å². The van der Waals surface area contributed by atoms with E-state index in [0.29, 0.717) is 6.54 Å². The van der Waals surface area contributed by atoms with E-state index in [2.05, 4.69) is 4.72 Å². The van der Waals surface area contributed by atoms with Gasteiger partial charge in [-0.3, -0.25) is 0 Å². The van der Waals surface area contributed by atoms with Crippen molar-refractivity contribution in [2.75, 3.05) is 7.11 Å². The Morgan fingerprint density at radius 2 is 2.05 bits per heavy atom. The number of nitrogens with one attached hydrogen (secondary N) is 1. The molecule has 0 heterocycles. The Morgan fingerprint density at radius 1 is 1.37 bits per heavy atom. The van der Waals surface area contributed by atoms with E-state index in [9.17, 15) is 8.42 Å². The Balaban J connectivity index is 1.93. The Bertz CT molecular complexity index is 524. The van der Waals surface area contributed by atoms with Gasteiger partial charge >= 0.3 is 0 Å². The molecule has 0 bridgehead atoms. The van der Waals surface area contributed by atoms with Crippen molar-refractivity contribution in [3.05, 3.63) is 35.4 Å². The van der Waals surface area contributed by atoms with Gasteiger partial charge < -0.3 is 10.5 Å². The average molecular weight is 284 g/mol. The van der Waals surface area contributed by atoms with E-state index in [-0.39, 0.29) is 17.9 Å². The summed E-state index contributed by atoms with van der Waals surface area (Å²) in [7, 11) is -1.65. The number of nitrogens with two attached hydrogens (primary N) is 1. The topological polar surface area (TPSA) is 81.4 Å². The molecule has 1 aliphatic rings. The summed E-state index contributed by atoms with van der Waals surface area (Å²) < 4.78 is 31.9. The van der Waals surface area contributed by atoms with Crippen LogP contribution in [0.1, 0.15) is 24.0 Å². The van der Waals surface area contributed by atoms with E-state index in [1.54, 1.807) is 13.2 Å². The predicted octanol–water partition coefficient (Wildman–Crippen LogP) is 0.742. The molecule has 1 aliphatic carbocycles. The fourth-order valence-corrected chi connectivity index (χ4v) is 3.62. The molecule has 0 aromatic heterocycles. The van der Waals surface area contributed by atoms with Crippen LogP contribution >= 0.6 is 0 Å². The monoisotopic (exact) mass is 284 g/mol. The number of benzene rings is 1. The normalized spacial score (nSPS) is 23.1. The first-order valence-electron chi connectivity index (χ1n) is 6.33. The first-order chi connectivity index (χ1) is 9.02. The molecule has 0 radical (unpaired) electrons. The molecule has 0 saturated heterocycles. The summed E-state index contributed by atoms with van der Waals surface area (Å²) in [6.45, 7) is 0.416. The Labute approximate surface area is 114 Å². The SMILES string of the molecule is COC1CC(NS(=O)(=O)Cc2cccc(CN)c2)C1. The third-order valence-electron chi connectivity index (χ3n) is 3.36. The Morgan fingerprint density at radius 3 is 2.68 bits per heavy atom. The molecule has 2 rings (SSSR count). The van der Waals surface area contributed by atoms with Gasteiger partial charge in [0.25, 0.3) is 0 Å². The van der Waals surface area contributed by atoms with E-state index in [1.807, 2.05) is 18.2 Å². The van der Waals surface area contributed by atoms with Crippen molar-refractivity contribution in [3.63, 3.8) is 0 Å². The number of hydrogen-bond donors (Lipinski definition) is 2. The highest BCUT2D eigenvalue weighted by Crippen LogP contribution is 2.23. The van der Waals surface area contributed by atoms with E-state index in [0.717, 1.165) is 24.0 Å². The van der Waals surface area contributed by atoms with Crippen LogP contribution in [0.3, 0.4) is 0 Å². The third kappa shape index (κ3) is 4.01. The molecular formula is C13H20N2O3S. The predicted molar refractivity (Wildman–Crippen MR) is 73.9 cm³/mol. The molecule has 1 saturated carbocycles. The molecule has 106 valence electrons. The highest BCUT2D eigenvalue weighted by Gasteiger charge is 2.32. The molecule has 0 atom stereocenters. The highest BCUT2D eigenvalue weighted by atomic mass is 32.2. The molecule has 0 aliphatic heterocycles. The quantitative estimate of drug-likeness (QED) is 0.807. The van der Waals surface area contributed by atoms with Gasteiger partial charge in [-0.2, -0.15) is 0 Å². The summed E-state index contributed by atoms with van der Waals surface area (Å²) in [4.78, 5) is 0. The van der Waals surface area contributed by atoms with Gasteiger partial charge in [-0.1, -0.05) is 24.3 Å². The fraction of sp³-hybridized carbons (Fsp3) is 0.538. The molecule has 1 aromatic rings. The van der Waals surface area contributed by atoms with E-state index in [4.69, 9.17) is 10.5 Å².